The number of methoxy groups -OCH3 is 1. The number of hydrogen-bond donors (Lipinski definition) is 3. The molecule has 2 fully saturated rings. The molecular formula is C21H20N6O3. The highest BCUT2D eigenvalue weighted by molar-refractivity contribution is 6.15. The number of nitrogens with zero attached hydrogens (tertiary/aromatic N) is 3. The standard InChI is InChI=1S/C21H20N6O3/c1-30-16-4-2-3-15(9-16)23-17-10-18(24-14-5-6-14)27-20(25-17)13(11-22-27)7-12-8-19(28)26-21(12)29/h2-4,7,9-11,14,24H,5-6,8H2,1H3,(H,23,25)(H,26,28,29). The van der Waals surface area contributed by atoms with Gasteiger partial charge in [-0.15, -0.1) is 0 Å². The van der Waals surface area contributed by atoms with Gasteiger partial charge in [-0.25, -0.2) is 4.98 Å². The van der Waals surface area contributed by atoms with Crippen molar-refractivity contribution in [3.05, 3.63) is 47.7 Å². The highest BCUT2D eigenvalue weighted by Gasteiger charge is 2.25. The van der Waals surface area contributed by atoms with Crippen LogP contribution in [0.25, 0.3) is 11.7 Å². The number of ether oxygens (including phenoxy) is 1. The first-order valence-electron chi connectivity index (χ1n) is 9.70. The number of anilines is 3. The van der Waals surface area contributed by atoms with Crippen LogP contribution >= 0.6 is 0 Å². The van der Waals surface area contributed by atoms with E-state index in [0.717, 1.165) is 30.1 Å². The van der Waals surface area contributed by atoms with Crippen molar-refractivity contribution < 1.29 is 14.3 Å². The summed E-state index contributed by atoms with van der Waals surface area (Å²) < 4.78 is 7.01. The molecule has 1 aliphatic heterocycles. The molecule has 0 unspecified atom stereocenters. The molecule has 3 heterocycles. The maximum atomic E-state index is 12.0. The Morgan fingerprint density at radius 1 is 1.27 bits per heavy atom. The first-order valence-corrected chi connectivity index (χ1v) is 9.70. The van der Waals surface area contributed by atoms with Gasteiger partial charge in [-0.05, 0) is 31.1 Å². The Balaban J connectivity index is 1.56. The zero-order valence-corrected chi connectivity index (χ0v) is 16.3. The van der Waals surface area contributed by atoms with Crippen LogP contribution in [0.2, 0.25) is 0 Å². The third-order valence-corrected chi connectivity index (χ3v) is 5.00. The predicted molar refractivity (Wildman–Crippen MR) is 112 cm³/mol. The van der Waals surface area contributed by atoms with Gasteiger partial charge in [0.25, 0.3) is 5.91 Å². The van der Waals surface area contributed by atoms with Gasteiger partial charge in [-0.1, -0.05) is 6.07 Å². The van der Waals surface area contributed by atoms with Gasteiger partial charge in [0, 0.05) is 35.0 Å². The molecule has 30 heavy (non-hydrogen) atoms. The molecule has 152 valence electrons. The third-order valence-electron chi connectivity index (χ3n) is 5.00. The summed E-state index contributed by atoms with van der Waals surface area (Å²) >= 11 is 0. The zero-order valence-electron chi connectivity index (χ0n) is 16.3. The molecule has 0 spiro atoms. The number of rotatable bonds is 6. The summed E-state index contributed by atoms with van der Waals surface area (Å²) in [6.07, 6.45) is 5.61. The van der Waals surface area contributed by atoms with E-state index in [1.54, 1.807) is 23.9 Å². The molecule has 1 aromatic carbocycles. The van der Waals surface area contributed by atoms with Crippen molar-refractivity contribution in [1.82, 2.24) is 19.9 Å². The van der Waals surface area contributed by atoms with Crippen LogP contribution in [0.1, 0.15) is 24.8 Å². The number of carbonyl (C=O) groups is 2. The first-order chi connectivity index (χ1) is 14.6. The summed E-state index contributed by atoms with van der Waals surface area (Å²) in [5, 5.41) is 13.5. The number of nitrogens with one attached hydrogen (secondary N) is 3. The topological polar surface area (TPSA) is 110 Å². The van der Waals surface area contributed by atoms with E-state index in [9.17, 15) is 9.59 Å². The summed E-state index contributed by atoms with van der Waals surface area (Å²) in [6, 6.07) is 9.90. The fraction of sp³-hybridized carbons (Fsp3) is 0.238. The molecule has 1 saturated heterocycles. The van der Waals surface area contributed by atoms with Gasteiger partial charge in [-0.2, -0.15) is 9.61 Å². The monoisotopic (exact) mass is 404 g/mol. The van der Waals surface area contributed by atoms with Gasteiger partial charge in [0.15, 0.2) is 5.65 Å². The van der Waals surface area contributed by atoms with Gasteiger partial charge < -0.3 is 15.4 Å². The summed E-state index contributed by atoms with van der Waals surface area (Å²) in [5.74, 6) is 1.51. The van der Waals surface area contributed by atoms with Crippen molar-refractivity contribution in [3.63, 3.8) is 0 Å². The molecule has 5 rings (SSSR count). The molecule has 0 bridgehead atoms. The second kappa shape index (κ2) is 7.18. The lowest BCUT2D eigenvalue weighted by Gasteiger charge is -2.12. The number of amides is 2. The maximum Gasteiger partial charge on any atom is 0.254 e. The predicted octanol–water partition coefficient (Wildman–Crippen LogP) is 2.49. The number of carbonyl (C=O) groups excluding carboxylic acids is 2. The number of aromatic nitrogens is 3. The average Bonchev–Trinajstić information content (AvgIpc) is 3.37. The Labute approximate surface area is 172 Å². The largest absolute Gasteiger partial charge is 0.497 e. The van der Waals surface area contributed by atoms with Gasteiger partial charge in [0.2, 0.25) is 5.91 Å². The molecule has 1 saturated carbocycles. The van der Waals surface area contributed by atoms with Crippen molar-refractivity contribution >= 4 is 40.9 Å². The summed E-state index contributed by atoms with van der Waals surface area (Å²) in [6.45, 7) is 0. The lowest BCUT2D eigenvalue weighted by Crippen LogP contribution is -2.19. The van der Waals surface area contributed by atoms with Crippen LogP contribution in [0.4, 0.5) is 17.3 Å². The fourth-order valence-electron chi connectivity index (χ4n) is 3.34. The Morgan fingerprint density at radius 3 is 2.87 bits per heavy atom. The molecule has 3 aromatic rings. The molecular weight excluding hydrogens is 384 g/mol. The van der Waals surface area contributed by atoms with Crippen molar-refractivity contribution in [2.45, 2.75) is 25.3 Å². The first kappa shape index (κ1) is 18.2. The van der Waals surface area contributed by atoms with E-state index in [-0.39, 0.29) is 18.2 Å². The second-order valence-corrected chi connectivity index (χ2v) is 7.36. The quantitative estimate of drug-likeness (QED) is 0.428. The van der Waals surface area contributed by atoms with E-state index < -0.39 is 0 Å². The van der Waals surface area contributed by atoms with Gasteiger partial charge in [0.1, 0.15) is 17.4 Å². The molecule has 2 aliphatic rings. The van der Waals surface area contributed by atoms with Gasteiger partial charge in [0.05, 0.1) is 19.7 Å². The van der Waals surface area contributed by atoms with Crippen LogP contribution < -0.4 is 20.7 Å². The minimum atomic E-state index is -0.374. The fourth-order valence-corrected chi connectivity index (χ4v) is 3.34. The van der Waals surface area contributed by atoms with Crippen LogP contribution in [0, 0.1) is 0 Å². The second-order valence-electron chi connectivity index (χ2n) is 7.36. The number of hydrogen-bond acceptors (Lipinski definition) is 7. The minimum absolute atomic E-state index is 0.0606. The Hall–Kier alpha value is -3.88. The number of fused-ring (bicyclic) bond motifs is 1. The van der Waals surface area contributed by atoms with Crippen LogP contribution in [0.15, 0.2) is 42.1 Å². The molecule has 0 radical (unpaired) electrons. The van der Waals surface area contributed by atoms with Crippen molar-refractivity contribution in [2.24, 2.45) is 0 Å². The van der Waals surface area contributed by atoms with E-state index in [0.29, 0.717) is 28.6 Å². The molecule has 9 nitrogen and oxygen atoms in total. The number of imide groups is 1. The van der Waals surface area contributed by atoms with Gasteiger partial charge >= 0.3 is 0 Å². The summed E-state index contributed by atoms with van der Waals surface area (Å²) in [4.78, 5) is 28.2. The van der Waals surface area contributed by atoms with E-state index in [1.165, 1.54) is 0 Å². The van der Waals surface area contributed by atoms with Crippen LogP contribution in [-0.4, -0.2) is 39.6 Å². The average molecular weight is 404 g/mol. The lowest BCUT2D eigenvalue weighted by molar-refractivity contribution is -0.124. The molecule has 2 amide bonds. The molecule has 0 atom stereocenters. The Morgan fingerprint density at radius 2 is 2.13 bits per heavy atom. The van der Waals surface area contributed by atoms with E-state index in [1.807, 2.05) is 30.3 Å². The number of benzene rings is 1. The SMILES string of the molecule is COc1cccc(Nc2cc(NC3CC3)n3ncc(C=C4CC(=O)NC4=O)c3n2)c1. The minimum Gasteiger partial charge on any atom is -0.497 e. The van der Waals surface area contributed by atoms with E-state index in [2.05, 4.69) is 21.0 Å². The van der Waals surface area contributed by atoms with E-state index >= 15 is 0 Å². The lowest BCUT2D eigenvalue weighted by atomic mass is 10.1. The molecule has 2 aromatic heterocycles. The summed E-state index contributed by atoms with van der Waals surface area (Å²) in [7, 11) is 1.62. The van der Waals surface area contributed by atoms with Crippen LogP contribution in [-0.2, 0) is 9.59 Å². The normalized spacial score (nSPS) is 17.4. The molecule has 1 aliphatic carbocycles. The van der Waals surface area contributed by atoms with Crippen molar-refractivity contribution in [1.29, 1.82) is 0 Å². The van der Waals surface area contributed by atoms with Gasteiger partial charge in [-0.3, -0.25) is 14.9 Å². The summed E-state index contributed by atoms with van der Waals surface area (Å²) in [5.41, 5.74) is 2.50. The highest BCUT2D eigenvalue weighted by atomic mass is 16.5. The van der Waals surface area contributed by atoms with Crippen LogP contribution in [0.3, 0.4) is 0 Å². The van der Waals surface area contributed by atoms with Crippen LogP contribution in [0.5, 0.6) is 5.75 Å². The van der Waals surface area contributed by atoms with E-state index in [4.69, 9.17) is 9.72 Å². The third kappa shape index (κ3) is 3.57. The smallest absolute Gasteiger partial charge is 0.254 e. The Bertz CT molecular complexity index is 1190. The Kier molecular flexibility index (Phi) is 4.35. The van der Waals surface area contributed by atoms with Crippen molar-refractivity contribution in [3.8, 4) is 5.75 Å². The zero-order chi connectivity index (χ0) is 20.7. The highest BCUT2D eigenvalue weighted by Crippen LogP contribution is 2.29. The molecule has 3 N–H and O–H groups in total. The van der Waals surface area contributed by atoms with Crippen molar-refractivity contribution in [2.75, 3.05) is 17.7 Å². The maximum absolute atomic E-state index is 12.0. The molecule has 9 heteroatoms.